The second kappa shape index (κ2) is 6.64. The molecule has 21 heavy (non-hydrogen) atoms. The number of nitrogens with two attached hydrogens (primary N) is 1. The third kappa shape index (κ3) is 5.12. The normalized spacial score (nSPS) is 19.2. The minimum Gasteiger partial charge on any atom is -0.480 e. The molecule has 7 nitrogen and oxygen atoms in total. The first-order chi connectivity index (χ1) is 9.61. The van der Waals surface area contributed by atoms with Gasteiger partial charge in [-0.3, -0.25) is 9.59 Å². The predicted molar refractivity (Wildman–Crippen MR) is 64.2 cm³/mol. The van der Waals surface area contributed by atoms with Crippen molar-refractivity contribution in [1.82, 2.24) is 9.80 Å². The average molecular weight is 311 g/mol. The summed E-state index contributed by atoms with van der Waals surface area (Å²) in [5.74, 6) is -2.38. The molecule has 1 heterocycles. The molecule has 0 aliphatic carbocycles. The number of carbonyl (C=O) groups excluding carboxylic acids is 2. The Morgan fingerprint density at radius 3 is 2.38 bits per heavy atom. The van der Waals surface area contributed by atoms with E-state index in [2.05, 4.69) is 0 Å². The summed E-state index contributed by atoms with van der Waals surface area (Å²) in [6.45, 7) is -2.72. The van der Waals surface area contributed by atoms with E-state index in [4.69, 9.17) is 10.8 Å². The maximum Gasteiger partial charge on any atom is 0.406 e. The smallest absolute Gasteiger partial charge is 0.406 e. The molecular weight excluding hydrogens is 295 g/mol. The van der Waals surface area contributed by atoms with Crippen molar-refractivity contribution in [2.45, 2.75) is 31.5 Å². The Labute approximate surface area is 118 Å². The number of hydrogen-bond acceptors (Lipinski definition) is 3. The number of halogens is 3. The van der Waals surface area contributed by atoms with Crippen molar-refractivity contribution in [3.63, 3.8) is 0 Å². The van der Waals surface area contributed by atoms with Crippen molar-refractivity contribution in [2.75, 3.05) is 19.6 Å². The molecule has 1 saturated heterocycles. The van der Waals surface area contributed by atoms with Crippen LogP contribution in [0.1, 0.15) is 19.3 Å². The average Bonchev–Trinajstić information content (AvgIpc) is 2.34. The van der Waals surface area contributed by atoms with E-state index >= 15 is 0 Å². The number of carboxylic acid groups (broad SMARTS) is 1. The molecule has 1 atom stereocenters. The largest absolute Gasteiger partial charge is 0.480 e. The highest BCUT2D eigenvalue weighted by atomic mass is 19.4. The van der Waals surface area contributed by atoms with Crippen molar-refractivity contribution in [3.05, 3.63) is 0 Å². The minimum atomic E-state index is -4.73. The highest BCUT2D eigenvalue weighted by Gasteiger charge is 2.39. The van der Waals surface area contributed by atoms with Gasteiger partial charge in [0.25, 0.3) is 0 Å². The zero-order valence-electron chi connectivity index (χ0n) is 11.1. The molecule has 1 rings (SSSR count). The Morgan fingerprint density at radius 1 is 1.29 bits per heavy atom. The lowest BCUT2D eigenvalue weighted by Gasteiger charge is -2.37. The van der Waals surface area contributed by atoms with Crippen LogP contribution in [0.15, 0.2) is 0 Å². The van der Waals surface area contributed by atoms with Crippen molar-refractivity contribution in [2.24, 2.45) is 5.73 Å². The lowest BCUT2D eigenvalue weighted by molar-refractivity contribution is -0.150. The summed E-state index contributed by atoms with van der Waals surface area (Å²) in [7, 11) is 0. The number of nitrogens with zero attached hydrogens (tertiary/aromatic N) is 2. The summed E-state index contributed by atoms with van der Waals surface area (Å²) in [4.78, 5) is 35.1. The Morgan fingerprint density at radius 2 is 1.90 bits per heavy atom. The van der Waals surface area contributed by atoms with E-state index < -0.39 is 43.2 Å². The number of carboxylic acids is 1. The van der Waals surface area contributed by atoms with Crippen LogP contribution in [0, 0.1) is 0 Å². The Hall–Kier alpha value is -2.00. The van der Waals surface area contributed by atoms with Gasteiger partial charge in [0.15, 0.2) is 0 Å². The summed E-state index contributed by atoms with van der Waals surface area (Å²) in [6, 6.07) is -2.14. The van der Waals surface area contributed by atoms with Gasteiger partial charge in [0, 0.05) is 6.54 Å². The maximum absolute atomic E-state index is 12.4. The maximum atomic E-state index is 12.4. The molecule has 0 spiro atoms. The van der Waals surface area contributed by atoms with Gasteiger partial charge in [-0.25, -0.2) is 4.79 Å². The first kappa shape index (κ1) is 17.1. The zero-order valence-corrected chi connectivity index (χ0v) is 11.1. The highest BCUT2D eigenvalue weighted by Crippen LogP contribution is 2.21. The first-order valence-electron chi connectivity index (χ1n) is 6.25. The number of hydrogen-bond donors (Lipinski definition) is 2. The number of rotatable bonds is 4. The molecule has 1 aliphatic rings. The van der Waals surface area contributed by atoms with Crippen molar-refractivity contribution in [3.8, 4) is 0 Å². The molecule has 0 aromatic carbocycles. The first-order valence-corrected chi connectivity index (χ1v) is 6.25. The lowest BCUT2D eigenvalue weighted by Crippen LogP contribution is -2.56. The van der Waals surface area contributed by atoms with Crippen molar-refractivity contribution < 1.29 is 32.7 Å². The van der Waals surface area contributed by atoms with E-state index in [1.807, 2.05) is 0 Å². The number of urea groups is 1. The van der Waals surface area contributed by atoms with E-state index in [0.29, 0.717) is 12.8 Å². The van der Waals surface area contributed by atoms with Crippen LogP contribution in [0.2, 0.25) is 0 Å². The van der Waals surface area contributed by atoms with Gasteiger partial charge >= 0.3 is 18.2 Å². The van der Waals surface area contributed by atoms with Gasteiger partial charge in [-0.05, 0) is 19.3 Å². The Bertz CT molecular complexity index is 427. The molecule has 10 heteroatoms. The molecule has 1 unspecified atom stereocenters. The summed E-state index contributed by atoms with van der Waals surface area (Å²) in [6.07, 6.45) is -3.34. The van der Waals surface area contributed by atoms with E-state index in [9.17, 15) is 27.6 Å². The molecule has 0 radical (unpaired) electrons. The topological polar surface area (TPSA) is 104 Å². The molecule has 0 bridgehead atoms. The van der Waals surface area contributed by atoms with Gasteiger partial charge in [0.05, 0.1) is 0 Å². The standard InChI is InChI=1S/C11H16F3N3O4/c12-11(13,14)6-16(5-8(18)19)10(21)17-4-2-1-3-7(17)9(15)20/h7H,1-6H2,(H2,15,20)(H,18,19). The highest BCUT2D eigenvalue weighted by molar-refractivity contribution is 5.87. The van der Waals surface area contributed by atoms with Gasteiger partial charge in [-0.1, -0.05) is 0 Å². The van der Waals surface area contributed by atoms with E-state index in [-0.39, 0.29) is 17.9 Å². The van der Waals surface area contributed by atoms with Crippen molar-refractivity contribution >= 4 is 17.9 Å². The summed E-state index contributed by atoms with van der Waals surface area (Å²) in [5, 5.41) is 8.63. The Balaban J connectivity index is 2.91. The molecule has 3 N–H and O–H groups in total. The van der Waals surface area contributed by atoms with Crippen LogP contribution in [-0.4, -0.2) is 64.7 Å². The van der Waals surface area contributed by atoms with Gasteiger partial charge < -0.3 is 20.6 Å². The lowest BCUT2D eigenvalue weighted by atomic mass is 10.0. The number of amides is 3. The van der Waals surface area contributed by atoms with Crippen LogP contribution in [0.5, 0.6) is 0 Å². The molecule has 0 aromatic heterocycles. The van der Waals surface area contributed by atoms with Crippen LogP contribution in [0.3, 0.4) is 0 Å². The van der Waals surface area contributed by atoms with Crippen LogP contribution >= 0.6 is 0 Å². The third-order valence-corrected chi connectivity index (χ3v) is 3.04. The molecule has 1 aliphatic heterocycles. The third-order valence-electron chi connectivity index (χ3n) is 3.04. The van der Waals surface area contributed by atoms with Gasteiger partial charge in [0.1, 0.15) is 19.1 Å². The molecular formula is C11H16F3N3O4. The van der Waals surface area contributed by atoms with Crippen molar-refractivity contribution in [1.29, 1.82) is 0 Å². The van der Waals surface area contributed by atoms with Gasteiger partial charge in [0.2, 0.25) is 5.91 Å². The van der Waals surface area contributed by atoms with Crippen LogP contribution < -0.4 is 5.73 Å². The number of piperidine rings is 1. The Kier molecular flexibility index (Phi) is 5.39. The minimum absolute atomic E-state index is 0.0699. The van der Waals surface area contributed by atoms with E-state index in [0.717, 1.165) is 4.90 Å². The van der Waals surface area contributed by atoms with Gasteiger partial charge in [-0.15, -0.1) is 0 Å². The number of likely N-dealkylation sites (tertiary alicyclic amines) is 1. The fraction of sp³-hybridized carbons (Fsp3) is 0.727. The molecule has 0 aromatic rings. The second-order valence-corrected chi connectivity index (χ2v) is 4.75. The quantitative estimate of drug-likeness (QED) is 0.784. The van der Waals surface area contributed by atoms with Crippen LogP contribution in [0.25, 0.3) is 0 Å². The number of primary amides is 1. The summed E-state index contributed by atoms with van der Waals surface area (Å²) < 4.78 is 37.3. The molecule has 1 fully saturated rings. The van der Waals surface area contributed by atoms with Crippen LogP contribution in [-0.2, 0) is 9.59 Å². The molecule has 120 valence electrons. The summed E-state index contributed by atoms with van der Waals surface area (Å²) in [5.41, 5.74) is 5.13. The van der Waals surface area contributed by atoms with E-state index in [1.165, 1.54) is 0 Å². The monoisotopic (exact) mass is 311 g/mol. The molecule has 3 amide bonds. The molecule has 0 saturated carbocycles. The predicted octanol–water partition coefficient (Wildman–Crippen LogP) is 0.395. The fourth-order valence-corrected chi connectivity index (χ4v) is 2.21. The van der Waals surface area contributed by atoms with Crippen LogP contribution in [0.4, 0.5) is 18.0 Å². The second-order valence-electron chi connectivity index (χ2n) is 4.75. The number of aliphatic carboxylic acids is 1. The summed E-state index contributed by atoms with van der Waals surface area (Å²) >= 11 is 0. The fourth-order valence-electron chi connectivity index (χ4n) is 2.21. The SMILES string of the molecule is NC(=O)C1CCCCN1C(=O)N(CC(=O)O)CC(F)(F)F. The van der Waals surface area contributed by atoms with E-state index in [1.54, 1.807) is 0 Å². The van der Waals surface area contributed by atoms with Gasteiger partial charge in [-0.2, -0.15) is 13.2 Å². The number of carbonyl (C=O) groups is 3. The zero-order chi connectivity index (χ0) is 16.2. The number of alkyl halides is 3.